The average Bonchev–Trinajstić information content (AvgIpc) is 3.28. The van der Waals surface area contributed by atoms with E-state index in [4.69, 9.17) is 28.1 Å². The van der Waals surface area contributed by atoms with Gasteiger partial charge in [0, 0.05) is 23.8 Å². The van der Waals surface area contributed by atoms with Crippen LogP contribution >= 0.6 is 0 Å². The third-order valence-electron chi connectivity index (χ3n) is 5.12. The van der Waals surface area contributed by atoms with E-state index in [1.54, 1.807) is 25.3 Å². The summed E-state index contributed by atoms with van der Waals surface area (Å²) in [5, 5.41) is 2.77. The average molecular weight is 456 g/mol. The number of hydrogen-bond donors (Lipinski definition) is 1. The molecule has 8 heteroatoms. The molecule has 0 saturated heterocycles. The molecule has 1 N–H and O–H groups in total. The van der Waals surface area contributed by atoms with Crippen molar-refractivity contribution in [1.29, 1.82) is 0 Å². The van der Waals surface area contributed by atoms with Gasteiger partial charge >= 0.3 is 0 Å². The van der Waals surface area contributed by atoms with E-state index in [1.807, 2.05) is 19.1 Å². The van der Waals surface area contributed by atoms with Crippen molar-refractivity contribution in [1.82, 2.24) is 0 Å². The van der Waals surface area contributed by atoms with Crippen molar-refractivity contribution in [2.24, 2.45) is 0 Å². The van der Waals surface area contributed by atoms with Gasteiger partial charge in [0.05, 0.1) is 28.4 Å². The van der Waals surface area contributed by atoms with E-state index in [9.17, 15) is 4.79 Å². The van der Waals surface area contributed by atoms with E-state index >= 15 is 0 Å². The molecule has 33 heavy (non-hydrogen) atoms. The van der Waals surface area contributed by atoms with Crippen molar-refractivity contribution in [2.45, 2.75) is 26.7 Å². The minimum absolute atomic E-state index is 0.0696. The lowest BCUT2D eigenvalue weighted by Gasteiger charge is -2.16. The van der Waals surface area contributed by atoms with Gasteiger partial charge in [-0.05, 0) is 36.6 Å². The lowest BCUT2D eigenvalue weighted by Crippen LogP contribution is -2.13. The number of ether oxygens (including phenoxy) is 5. The number of hydrogen-bond acceptors (Lipinski definition) is 7. The first-order chi connectivity index (χ1) is 15.8. The summed E-state index contributed by atoms with van der Waals surface area (Å²) in [5.41, 5.74) is 2.25. The fourth-order valence-electron chi connectivity index (χ4n) is 3.32. The molecule has 1 aromatic heterocycles. The van der Waals surface area contributed by atoms with Crippen LogP contribution in [-0.4, -0.2) is 34.3 Å². The molecule has 0 aliphatic rings. The van der Waals surface area contributed by atoms with Crippen LogP contribution in [-0.2, 0) is 0 Å². The first-order valence-electron chi connectivity index (χ1n) is 10.4. The molecule has 0 bridgehead atoms. The van der Waals surface area contributed by atoms with Crippen molar-refractivity contribution >= 4 is 11.6 Å². The van der Waals surface area contributed by atoms with Crippen LogP contribution in [0.2, 0.25) is 0 Å². The van der Waals surface area contributed by atoms with Crippen molar-refractivity contribution in [3.63, 3.8) is 0 Å². The van der Waals surface area contributed by atoms with Crippen molar-refractivity contribution in [3.05, 3.63) is 53.3 Å². The largest absolute Gasteiger partial charge is 0.496 e. The SMILES string of the molecule is COc1cc(OC)c(NC(=O)c2ccc(Oc3cc(C(C)C)c(OC)cc3C)o2)c(OC)c1. The summed E-state index contributed by atoms with van der Waals surface area (Å²) in [6, 6.07) is 10.3. The van der Waals surface area contributed by atoms with E-state index in [-0.39, 0.29) is 17.6 Å². The molecule has 3 rings (SSSR count). The summed E-state index contributed by atoms with van der Waals surface area (Å²) in [5.74, 6) is 2.76. The minimum Gasteiger partial charge on any atom is -0.496 e. The summed E-state index contributed by atoms with van der Waals surface area (Å²) in [7, 11) is 6.16. The van der Waals surface area contributed by atoms with Gasteiger partial charge in [0.25, 0.3) is 11.9 Å². The van der Waals surface area contributed by atoms with Crippen molar-refractivity contribution < 1.29 is 32.9 Å². The zero-order chi connectivity index (χ0) is 24.1. The second kappa shape index (κ2) is 10.2. The Labute approximate surface area is 193 Å². The third-order valence-corrected chi connectivity index (χ3v) is 5.12. The molecule has 3 aromatic rings. The highest BCUT2D eigenvalue weighted by Crippen LogP contribution is 2.40. The number of aryl methyl sites for hydroxylation is 1. The number of rotatable bonds is 9. The quantitative estimate of drug-likeness (QED) is 0.437. The summed E-state index contributed by atoms with van der Waals surface area (Å²) in [6.07, 6.45) is 0. The molecule has 0 aliphatic heterocycles. The van der Waals surface area contributed by atoms with E-state index in [2.05, 4.69) is 19.2 Å². The van der Waals surface area contributed by atoms with Crippen LogP contribution in [0.15, 0.2) is 40.8 Å². The van der Waals surface area contributed by atoms with E-state index in [1.165, 1.54) is 27.4 Å². The minimum atomic E-state index is -0.485. The molecule has 0 atom stereocenters. The van der Waals surface area contributed by atoms with Crippen LogP contribution in [0.5, 0.6) is 34.7 Å². The molecule has 0 radical (unpaired) electrons. The predicted octanol–water partition coefficient (Wildman–Crippen LogP) is 5.79. The van der Waals surface area contributed by atoms with Gasteiger partial charge in [0.1, 0.15) is 34.4 Å². The molecular formula is C25H29NO7. The van der Waals surface area contributed by atoms with E-state index < -0.39 is 5.91 Å². The lowest BCUT2D eigenvalue weighted by molar-refractivity contribution is 0.0991. The number of anilines is 1. The number of nitrogens with one attached hydrogen (secondary N) is 1. The topological polar surface area (TPSA) is 88.4 Å². The fraction of sp³-hybridized carbons (Fsp3) is 0.320. The fourth-order valence-corrected chi connectivity index (χ4v) is 3.32. The highest BCUT2D eigenvalue weighted by molar-refractivity contribution is 6.04. The standard InChI is InChI=1S/C25H29NO7/c1-14(2)17-13-19(15(3)10-20(17)29-5)33-23-9-8-18(32-23)25(27)26-24-21(30-6)11-16(28-4)12-22(24)31-7/h8-14H,1-7H3,(H,26,27). The van der Waals surface area contributed by atoms with Gasteiger partial charge in [-0.1, -0.05) is 13.8 Å². The molecule has 1 heterocycles. The maximum atomic E-state index is 12.8. The first kappa shape index (κ1) is 23.8. The van der Waals surface area contributed by atoms with Crippen LogP contribution < -0.4 is 29.0 Å². The van der Waals surface area contributed by atoms with Gasteiger partial charge in [-0.15, -0.1) is 0 Å². The number of benzene rings is 2. The van der Waals surface area contributed by atoms with Gasteiger partial charge in [0.2, 0.25) is 0 Å². The van der Waals surface area contributed by atoms with Crippen LogP contribution in [0.1, 0.15) is 41.4 Å². The summed E-state index contributed by atoms with van der Waals surface area (Å²) in [4.78, 5) is 12.8. The molecule has 0 spiro atoms. The van der Waals surface area contributed by atoms with E-state index in [0.717, 1.165) is 16.9 Å². The van der Waals surface area contributed by atoms with Gasteiger partial charge in [-0.2, -0.15) is 0 Å². The molecule has 8 nitrogen and oxygen atoms in total. The Morgan fingerprint density at radius 3 is 2.03 bits per heavy atom. The number of furan rings is 1. The molecule has 1 amide bonds. The monoisotopic (exact) mass is 455 g/mol. The summed E-state index contributed by atoms with van der Waals surface area (Å²) >= 11 is 0. The maximum absolute atomic E-state index is 12.8. The second-order valence-corrected chi connectivity index (χ2v) is 7.60. The smallest absolute Gasteiger partial charge is 0.291 e. The van der Waals surface area contributed by atoms with Gasteiger partial charge in [-0.3, -0.25) is 4.79 Å². The summed E-state index contributed by atoms with van der Waals surface area (Å²) < 4.78 is 33.0. The van der Waals surface area contributed by atoms with Crippen LogP contribution in [0.3, 0.4) is 0 Å². The second-order valence-electron chi connectivity index (χ2n) is 7.60. The molecule has 0 aliphatic carbocycles. The Balaban J connectivity index is 1.83. The third kappa shape index (κ3) is 5.16. The molecular weight excluding hydrogens is 426 g/mol. The highest BCUT2D eigenvalue weighted by atomic mass is 16.6. The Bertz CT molecular complexity index is 1110. The molecule has 0 saturated carbocycles. The normalized spacial score (nSPS) is 10.7. The molecule has 176 valence electrons. The highest BCUT2D eigenvalue weighted by Gasteiger charge is 2.20. The Morgan fingerprint density at radius 2 is 1.48 bits per heavy atom. The zero-order valence-electron chi connectivity index (χ0n) is 19.9. The Morgan fingerprint density at radius 1 is 0.848 bits per heavy atom. The molecule has 0 unspecified atom stereocenters. The number of methoxy groups -OCH3 is 4. The zero-order valence-corrected chi connectivity index (χ0v) is 19.9. The summed E-state index contributed by atoms with van der Waals surface area (Å²) in [6.45, 7) is 6.07. The Hall–Kier alpha value is -3.81. The van der Waals surface area contributed by atoms with Gasteiger partial charge < -0.3 is 33.4 Å². The van der Waals surface area contributed by atoms with Gasteiger partial charge in [0.15, 0.2) is 5.76 Å². The van der Waals surface area contributed by atoms with Crippen molar-refractivity contribution in [2.75, 3.05) is 33.8 Å². The van der Waals surface area contributed by atoms with Crippen LogP contribution in [0.25, 0.3) is 0 Å². The Kier molecular flexibility index (Phi) is 7.37. The first-order valence-corrected chi connectivity index (χ1v) is 10.4. The number of carbonyl (C=O) groups is 1. The maximum Gasteiger partial charge on any atom is 0.291 e. The van der Waals surface area contributed by atoms with Crippen molar-refractivity contribution in [3.8, 4) is 34.7 Å². The number of carbonyl (C=O) groups excluding carboxylic acids is 1. The predicted molar refractivity (Wildman–Crippen MR) is 125 cm³/mol. The molecule has 2 aromatic carbocycles. The van der Waals surface area contributed by atoms with E-state index in [0.29, 0.717) is 28.7 Å². The van der Waals surface area contributed by atoms with Crippen LogP contribution in [0, 0.1) is 6.92 Å². The van der Waals surface area contributed by atoms with Gasteiger partial charge in [-0.25, -0.2) is 0 Å². The van der Waals surface area contributed by atoms with Crippen LogP contribution in [0.4, 0.5) is 5.69 Å². The number of amides is 1. The lowest BCUT2D eigenvalue weighted by atomic mass is 10.00. The molecule has 0 fully saturated rings.